The van der Waals surface area contributed by atoms with Gasteiger partial charge in [-0.25, -0.2) is 0 Å². The Morgan fingerprint density at radius 2 is 1.92 bits per heavy atom. The highest BCUT2D eigenvalue weighted by atomic mass is 127. The zero-order valence-corrected chi connectivity index (χ0v) is 15.7. The van der Waals surface area contributed by atoms with Crippen LogP contribution in [0.4, 0.5) is 0 Å². The van der Waals surface area contributed by atoms with Gasteiger partial charge in [0.2, 0.25) is 0 Å². The predicted molar refractivity (Wildman–Crippen MR) is 97.0 cm³/mol. The molecule has 0 amide bonds. The summed E-state index contributed by atoms with van der Waals surface area (Å²) in [4.78, 5) is 0. The second-order valence-corrected chi connectivity index (χ2v) is 10.1. The van der Waals surface area contributed by atoms with Crippen molar-refractivity contribution in [1.82, 2.24) is 5.32 Å². The van der Waals surface area contributed by atoms with Crippen LogP contribution in [0.15, 0.2) is 24.3 Å². The molecule has 6 fully saturated rings. The minimum Gasteiger partial charge on any atom is -0.347 e. The molecule has 0 aromatic heterocycles. The molecule has 1 aromatic carbocycles. The number of nitrogens with one attached hydrogen (secondary N) is 1. The Kier molecular flexibility index (Phi) is 2.55. The average Bonchev–Trinajstić information content (AvgIpc) is 3.23. The van der Waals surface area contributed by atoms with E-state index >= 15 is 0 Å². The monoisotopic (exact) mass is 435 g/mol. The zero-order valence-electron chi connectivity index (χ0n) is 13.5. The second kappa shape index (κ2) is 4.38. The summed E-state index contributed by atoms with van der Waals surface area (Å²) in [5.41, 5.74) is 1.42. The maximum Gasteiger partial charge on any atom is 0.175 e. The molecule has 9 unspecified atom stereocenters. The summed E-state index contributed by atoms with van der Waals surface area (Å²) in [6, 6.07) is 9.62. The number of fused-ring (bicyclic) bond motifs is 4. The molecule has 1 spiro atoms. The van der Waals surface area contributed by atoms with E-state index in [1.165, 1.54) is 15.6 Å². The van der Waals surface area contributed by atoms with Crippen LogP contribution in [0.3, 0.4) is 0 Å². The molecule has 1 saturated heterocycles. The fourth-order valence-corrected chi connectivity index (χ4v) is 9.07. The molecule has 1 N–H and O–H groups in total. The fourth-order valence-electron chi connectivity index (χ4n) is 8.47. The van der Waals surface area contributed by atoms with E-state index in [0.29, 0.717) is 17.9 Å². The first-order valence-corrected chi connectivity index (χ1v) is 10.6. The maximum atomic E-state index is 6.34. The van der Waals surface area contributed by atoms with E-state index in [2.05, 4.69) is 52.2 Å². The number of rotatable bonds is 3. The minimum absolute atomic E-state index is 0.160. The van der Waals surface area contributed by atoms with E-state index in [-0.39, 0.29) is 5.79 Å². The van der Waals surface area contributed by atoms with Gasteiger partial charge in [0.15, 0.2) is 5.79 Å². The van der Waals surface area contributed by atoms with Crippen molar-refractivity contribution in [3.05, 3.63) is 33.4 Å². The lowest BCUT2D eigenvalue weighted by Crippen LogP contribution is -2.62. The van der Waals surface area contributed by atoms with Crippen LogP contribution >= 0.6 is 22.6 Å². The van der Waals surface area contributed by atoms with Crippen LogP contribution in [0.1, 0.15) is 12.0 Å². The first-order chi connectivity index (χ1) is 11.8. The molecule has 7 rings (SSSR count). The molecule has 24 heavy (non-hydrogen) atoms. The van der Waals surface area contributed by atoms with Gasteiger partial charge in [0.25, 0.3) is 0 Å². The lowest BCUT2D eigenvalue weighted by Gasteiger charge is -2.54. The third-order valence-corrected chi connectivity index (χ3v) is 9.22. The summed E-state index contributed by atoms with van der Waals surface area (Å²) in [5, 5.41) is 3.99. The van der Waals surface area contributed by atoms with Crippen LogP contribution < -0.4 is 5.32 Å². The molecular formula is C20H22INO2. The molecule has 9 atom stereocenters. The van der Waals surface area contributed by atoms with Crippen molar-refractivity contribution in [2.45, 2.75) is 24.8 Å². The van der Waals surface area contributed by atoms with E-state index in [4.69, 9.17) is 9.47 Å². The smallest absolute Gasteiger partial charge is 0.175 e. The Balaban J connectivity index is 1.21. The molecule has 126 valence electrons. The summed E-state index contributed by atoms with van der Waals surface area (Å²) in [6.45, 7) is 2.65. The van der Waals surface area contributed by atoms with Crippen LogP contribution in [0, 0.1) is 50.9 Å². The largest absolute Gasteiger partial charge is 0.347 e. The van der Waals surface area contributed by atoms with Gasteiger partial charge in [-0.15, -0.1) is 0 Å². The molecule has 2 bridgehead atoms. The van der Waals surface area contributed by atoms with Gasteiger partial charge in [-0.05, 0) is 82.2 Å². The SMILES string of the molecule is Ic1cccc(CNC2C3C4CC5C6C4C2C6C2(OCCO2)C53)c1. The maximum absolute atomic E-state index is 6.34. The van der Waals surface area contributed by atoms with E-state index in [0.717, 1.165) is 55.3 Å². The lowest BCUT2D eigenvalue weighted by molar-refractivity contribution is -0.264. The van der Waals surface area contributed by atoms with Crippen molar-refractivity contribution in [2.24, 2.45) is 47.3 Å². The first kappa shape index (κ1) is 14.0. The highest BCUT2D eigenvalue weighted by Gasteiger charge is 2.88. The molecule has 1 aromatic rings. The van der Waals surface area contributed by atoms with Gasteiger partial charge in [0.1, 0.15) is 0 Å². The Labute approximate surface area is 156 Å². The van der Waals surface area contributed by atoms with Crippen molar-refractivity contribution in [3.8, 4) is 0 Å². The molecule has 1 aliphatic heterocycles. The van der Waals surface area contributed by atoms with Crippen molar-refractivity contribution >= 4 is 22.6 Å². The number of hydrogen-bond acceptors (Lipinski definition) is 3. The zero-order chi connectivity index (χ0) is 15.6. The topological polar surface area (TPSA) is 30.5 Å². The van der Waals surface area contributed by atoms with E-state index in [1.807, 2.05) is 0 Å². The summed E-state index contributed by atoms with van der Waals surface area (Å²) in [7, 11) is 0. The van der Waals surface area contributed by atoms with Crippen molar-refractivity contribution < 1.29 is 9.47 Å². The first-order valence-electron chi connectivity index (χ1n) is 9.55. The Morgan fingerprint density at radius 1 is 1.04 bits per heavy atom. The number of benzene rings is 1. The molecule has 0 radical (unpaired) electrons. The van der Waals surface area contributed by atoms with Crippen LogP contribution in [0.25, 0.3) is 0 Å². The lowest BCUT2D eigenvalue weighted by atomic mass is 9.57. The summed E-state index contributed by atoms with van der Waals surface area (Å²) < 4.78 is 14.0. The number of hydrogen-bond donors (Lipinski definition) is 1. The molecular weight excluding hydrogens is 413 g/mol. The molecule has 6 aliphatic rings. The van der Waals surface area contributed by atoms with Gasteiger partial charge in [-0.2, -0.15) is 0 Å². The van der Waals surface area contributed by atoms with Crippen LogP contribution in [-0.2, 0) is 16.0 Å². The third kappa shape index (κ3) is 1.35. The van der Waals surface area contributed by atoms with E-state index < -0.39 is 0 Å². The van der Waals surface area contributed by atoms with Gasteiger partial charge >= 0.3 is 0 Å². The normalized spacial score (nSPS) is 53.5. The summed E-state index contributed by atoms with van der Waals surface area (Å²) in [5.74, 6) is 6.63. The highest BCUT2D eigenvalue weighted by Crippen LogP contribution is 2.86. The van der Waals surface area contributed by atoms with Crippen LogP contribution in [0.2, 0.25) is 0 Å². The Morgan fingerprint density at radius 3 is 2.75 bits per heavy atom. The second-order valence-electron chi connectivity index (χ2n) is 8.88. The molecule has 4 heteroatoms. The average molecular weight is 435 g/mol. The summed E-state index contributed by atoms with van der Waals surface area (Å²) >= 11 is 2.41. The predicted octanol–water partition coefficient (Wildman–Crippen LogP) is 2.88. The minimum atomic E-state index is -0.160. The van der Waals surface area contributed by atoms with Crippen LogP contribution in [0.5, 0.6) is 0 Å². The highest BCUT2D eigenvalue weighted by molar-refractivity contribution is 14.1. The Bertz CT molecular complexity index is 732. The molecule has 3 nitrogen and oxygen atoms in total. The van der Waals surface area contributed by atoms with E-state index in [9.17, 15) is 0 Å². The molecule has 5 aliphatic carbocycles. The fraction of sp³-hybridized carbons (Fsp3) is 0.700. The van der Waals surface area contributed by atoms with Gasteiger partial charge in [0.05, 0.1) is 13.2 Å². The van der Waals surface area contributed by atoms with Gasteiger partial charge < -0.3 is 14.8 Å². The van der Waals surface area contributed by atoms with Crippen molar-refractivity contribution in [1.29, 1.82) is 0 Å². The number of halogens is 1. The van der Waals surface area contributed by atoms with Gasteiger partial charge in [-0.3, -0.25) is 0 Å². The Hall–Kier alpha value is -0.170. The standard InChI is InChI=1S/C20H22INO2/c21-10-3-1-2-9(6-10)8-22-19-15-11-7-12-14-13(11)16(19)18(14)20(17(12)15)23-4-5-24-20/h1-3,6,11-19,22H,4-5,7-8H2. The van der Waals surface area contributed by atoms with Gasteiger partial charge in [0, 0.05) is 28.0 Å². The van der Waals surface area contributed by atoms with Crippen molar-refractivity contribution in [3.63, 3.8) is 0 Å². The molecule has 5 saturated carbocycles. The third-order valence-electron chi connectivity index (χ3n) is 8.55. The van der Waals surface area contributed by atoms with Crippen molar-refractivity contribution in [2.75, 3.05) is 13.2 Å². The van der Waals surface area contributed by atoms with E-state index in [1.54, 1.807) is 0 Å². The van der Waals surface area contributed by atoms with Crippen LogP contribution in [-0.4, -0.2) is 25.0 Å². The number of ether oxygens (including phenoxy) is 2. The quantitative estimate of drug-likeness (QED) is 0.741. The summed E-state index contributed by atoms with van der Waals surface area (Å²) in [6.07, 6.45) is 1.47. The molecule has 1 heterocycles. The van der Waals surface area contributed by atoms with Gasteiger partial charge in [-0.1, -0.05) is 12.1 Å².